The largest absolute Gasteiger partial charge is 0.451 e. The molecular weight excluding hydrogens is 306 g/mol. The summed E-state index contributed by atoms with van der Waals surface area (Å²) < 4.78 is 11.3. The summed E-state index contributed by atoms with van der Waals surface area (Å²) >= 11 is 0. The van der Waals surface area contributed by atoms with Crippen LogP contribution >= 0.6 is 0 Å². The Morgan fingerprint density at radius 2 is 2.33 bits per heavy atom. The highest BCUT2D eigenvalue weighted by atomic mass is 16.5. The number of amides is 1. The number of rotatable bonds is 3. The first-order valence-corrected chi connectivity index (χ1v) is 7.99. The van der Waals surface area contributed by atoms with E-state index < -0.39 is 0 Å². The number of aromatic amines is 1. The zero-order chi connectivity index (χ0) is 16.7. The average Bonchev–Trinajstić information content (AvgIpc) is 3.31. The topological polar surface area (TPSA) is 71.4 Å². The maximum atomic E-state index is 13.0. The Kier molecular flexibility index (Phi) is 3.61. The number of imidazole rings is 1. The molecule has 1 unspecified atom stereocenters. The van der Waals surface area contributed by atoms with Crippen molar-refractivity contribution in [1.29, 1.82) is 0 Å². The number of furan rings is 1. The number of fused-ring (bicyclic) bond motifs is 1. The quantitative estimate of drug-likeness (QED) is 0.803. The van der Waals surface area contributed by atoms with Crippen LogP contribution in [-0.4, -0.2) is 40.5 Å². The SMILES string of the molecule is CO[C@@H]1CC(c2ncc[nH]2)N(C(=O)c2cc3cccc(C)c3o2)C1. The van der Waals surface area contributed by atoms with E-state index in [1.54, 1.807) is 24.4 Å². The van der Waals surface area contributed by atoms with Gasteiger partial charge in [-0.2, -0.15) is 0 Å². The fourth-order valence-electron chi connectivity index (χ4n) is 3.37. The van der Waals surface area contributed by atoms with Gasteiger partial charge in [-0.3, -0.25) is 4.79 Å². The summed E-state index contributed by atoms with van der Waals surface area (Å²) in [7, 11) is 1.67. The van der Waals surface area contributed by atoms with Crippen LogP contribution in [0.4, 0.5) is 0 Å². The van der Waals surface area contributed by atoms with Crippen LogP contribution in [-0.2, 0) is 4.74 Å². The number of likely N-dealkylation sites (tertiary alicyclic amines) is 1. The highest BCUT2D eigenvalue weighted by Crippen LogP contribution is 2.34. The second-order valence-corrected chi connectivity index (χ2v) is 6.15. The third kappa shape index (κ3) is 2.39. The Morgan fingerprint density at radius 3 is 3.04 bits per heavy atom. The molecule has 1 aromatic carbocycles. The van der Waals surface area contributed by atoms with E-state index in [0.717, 1.165) is 28.8 Å². The number of hydrogen-bond donors (Lipinski definition) is 1. The van der Waals surface area contributed by atoms with Gasteiger partial charge in [-0.1, -0.05) is 18.2 Å². The van der Waals surface area contributed by atoms with E-state index in [1.165, 1.54) is 0 Å². The number of carbonyl (C=O) groups is 1. The maximum Gasteiger partial charge on any atom is 0.290 e. The predicted octanol–water partition coefficient (Wildman–Crippen LogP) is 3.07. The third-order valence-electron chi connectivity index (χ3n) is 4.64. The lowest BCUT2D eigenvalue weighted by Gasteiger charge is -2.21. The van der Waals surface area contributed by atoms with Gasteiger partial charge in [-0.25, -0.2) is 4.98 Å². The van der Waals surface area contributed by atoms with E-state index in [-0.39, 0.29) is 18.1 Å². The summed E-state index contributed by atoms with van der Waals surface area (Å²) in [6.45, 7) is 2.50. The zero-order valence-electron chi connectivity index (χ0n) is 13.7. The average molecular weight is 325 g/mol. The van der Waals surface area contributed by atoms with Gasteiger partial charge in [0.15, 0.2) is 5.76 Å². The van der Waals surface area contributed by atoms with E-state index in [4.69, 9.17) is 9.15 Å². The lowest BCUT2D eigenvalue weighted by molar-refractivity contribution is 0.0656. The lowest BCUT2D eigenvalue weighted by atomic mass is 10.1. The number of H-pyrrole nitrogens is 1. The smallest absolute Gasteiger partial charge is 0.290 e. The molecule has 0 spiro atoms. The van der Waals surface area contributed by atoms with E-state index in [9.17, 15) is 4.79 Å². The van der Waals surface area contributed by atoms with Gasteiger partial charge in [0.2, 0.25) is 0 Å². The van der Waals surface area contributed by atoms with E-state index in [2.05, 4.69) is 9.97 Å². The summed E-state index contributed by atoms with van der Waals surface area (Å²) in [5.41, 5.74) is 1.78. The molecule has 24 heavy (non-hydrogen) atoms. The van der Waals surface area contributed by atoms with E-state index in [1.807, 2.05) is 31.2 Å². The van der Waals surface area contributed by atoms with Gasteiger partial charge in [0.1, 0.15) is 11.4 Å². The number of para-hydroxylation sites is 1. The molecule has 0 bridgehead atoms. The molecule has 1 fully saturated rings. The van der Waals surface area contributed by atoms with Crippen LogP contribution in [0.2, 0.25) is 0 Å². The van der Waals surface area contributed by atoms with Gasteiger partial charge in [-0.05, 0) is 18.6 Å². The van der Waals surface area contributed by atoms with Crippen molar-refractivity contribution in [3.05, 3.63) is 53.8 Å². The molecular formula is C18H19N3O3. The Labute approximate surface area is 139 Å². The molecule has 2 aromatic heterocycles. The maximum absolute atomic E-state index is 13.0. The Balaban J connectivity index is 1.69. The molecule has 0 saturated carbocycles. The first-order chi connectivity index (χ1) is 11.7. The number of aryl methyl sites for hydroxylation is 1. The van der Waals surface area contributed by atoms with Crippen LogP contribution < -0.4 is 0 Å². The van der Waals surface area contributed by atoms with Crippen LogP contribution in [0, 0.1) is 6.92 Å². The molecule has 3 heterocycles. The fraction of sp³-hybridized carbons (Fsp3) is 0.333. The van der Waals surface area contributed by atoms with Gasteiger partial charge >= 0.3 is 0 Å². The van der Waals surface area contributed by atoms with Crippen LogP contribution in [0.15, 0.2) is 41.1 Å². The van der Waals surface area contributed by atoms with Crippen molar-refractivity contribution in [2.24, 2.45) is 0 Å². The fourth-order valence-corrected chi connectivity index (χ4v) is 3.37. The molecule has 0 aliphatic carbocycles. The van der Waals surface area contributed by atoms with Gasteiger partial charge in [0, 0.05) is 37.9 Å². The third-order valence-corrected chi connectivity index (χ3v) is 4.64. The van der Waals surface area contributed by atoms with E-state index in [0.29, 0.717) is 12.3 Å². The number of carbonyl (C=O) groups excluding carboxylic acids is 1. The molecule has 6 nitrogen and oxygen atoms in total. The van der Waals surface area contributed by atoms with E-state index >= 15 is 0 Å². The molecule has 4 rings (SSSR count). The Bertz CT molecular complexity index is 869. The minimum atomic E-state index is -0.133. The van der Waals surface area contributed by atoms with Crippen LogP contribution in [0.25, 0.3) is 11.0 Å². The number of ether oxygens (including phenoxy) is 1. The van der Waals surface area contributed by atoms with Crippen LogP contribution in [0.1, 0.15) is 34.4 Å². The zero-order valence-corrected chi connectivity index (χ0v) is 13.7. The van der Waals surface area contributed by atoms with Crippen molar-refractivity contribution < 1.29 is 13.9 Å². The second kappa shape index (κ2) is 5.79. The van der Waals surface area contributed by atoms with Gasteiger partial charge in [-0.15, -0.1) is 0 Å². The number of nitrogens with one attached hydrogen (secondary N) is 1. The normalized spacial score (nSPS) is 20.8. The summed E-state index contributed by atoms with van der Waals surface area (Å²) in [6, 6.07) is 7.57. The van der Waals surface area contributed by atoms with Crippen LogP contribution in [0.5, 0.6) is 0 Å². The minimum Gasteiger partial charge on any atom is -0.451 e. The Morgan fingerprint density at radius 1 is 1.46 bits per heavy atom. The van der Waals surface area contributed by atoms with Gasteiger partial charge in [0.05, 0.1) is 12.1 Å². The molecule has 1 aliphatic heterocycles. The van der Waals surface area contributed by atoms with Crippen molar-refractivity contribution in [2.75, 3.05) is 13.7 Å². The standard InChI is InChI=1S/C18H19N3O3/c1-11-4-3-5-12-8-15(24-16(11)12)18(22)21-10-13(23-2)9-14(21)17-19-6-7-20-17/h3-8,13-14H,9-10H2,1-2H3,(H,19,20)/t13-,14?/m1/s1. The van der Waals surface area contributed by atoms with Crippen molar-refractivity contribution in [1.82, 2.24) is 14.9 Å². The predicted molar refractivity (Wildman–Crippen MR) is 88.7 cm³/mol. The summed E-state index contributed by atoms with van der Waals surface area (Å²) in [4.78, 5) is 22.2. The molecule has 1 N–H and O–H groups in total. The van der Waals surface area contributed by atoms with Crippen molar-refractivity contribution in [3.8, 4) is 0 Å². The molecule has 3 aromatic rings. The number of methoxy groups -OCH3 is 1. The van der Waals surface area contributed by atoms with Gasteiger partial charge in [0.25, 0.3) is 5.91 Å². The molecule has 6 heteroatoms. The highest BCUT2D eigenvalue weighted by molar-refractivity contribution is 5.97. The minimum absolute atomic E-state index is 0.00448. The number of benzene rings is 1. The molecule has 1 aliphatic rings. The molecule has 1 saturated heterocycles. The number of hydrogen-bond acceptors (Lipinski definition) is 4. The molecule has 124 valence electrons. The van der Waals surface area contributed by atoms with Crippen molar-refractivity contribution in [3.63, 3.8) is 0 Å². The first-order valence-electron chi connectivity index (χ1n) is 7.99. The van der Waals surface area contributed by atoms with Crippen molar-refractivity contribution in [2.45, 2.75) is 25.5 Å². The Hall–Kier alpha value is -2.60. The molecule has 1 amide bonds. The van der Waals surface area contributed by atoms with Crippen molar-refractivity contribution >= 4 is 16.9 Å². The summed E-state index contributed by atoms with van der Waals surface area (Å²) in [6.07, 6.45) is 4.18. The lowest BCUT2D eigenvalue weighted by Crippen LogP contribution is -2.32. The van der Waals surface area contributed by atoms with Gasteiger partial charge < -0.3 is 19.0 Å². The summed E-state index contributed by atoms with van der Waals surface area (Å²) in [5, 5.41) is 0.940. The first kappa shape index (κ1) is 15.0. The summed E-state index contributed by atoms with van der Waals surface area (Å²) in [5.74, 6) is 0.995. The second-order valence-electron chi connectivity index (χ2n) is 6.15. The molecule has 0 radical (unpaired) electrons. The molecule has 2 atom stereocenters. The highest BCUT2D eigenvalue weighted by Gasteiger charge is 2.39. The monoisotopic (exact) mass is 325 g/mol. The number of nitrogens with zero attached hydrogens (tertiary/aromatic N) is 2. The van der Waals surface area contributed by atoms with Crippen LogP contribution in [0.3, 0.4) is 0 Å². The number of aromatic nitrogens is 2.